The number of carbonyl (C=O) groups is 1. The van der Waals surface area contributed by atoms with Gasteiger partial charge in [-0.05, 0) is 67.1 Å². The van der Waals surface area contributed by atoms with Crippen LogP contribution in [-0.4, -0.2) is 36.0 Å². The Morgan fingerprint density at radius 1 is 1.17 bits per heavy atom. The number of aromatic nitrogens is 1. The normalized spacial score (nSPS) is 13.6. The van der Waals surface area contributed by atoms with Crippen molar-refractivity contribution >= 4 is 5.91 Å². The minimum Gasteiger partial charge on any atom is -0.493 e. The van der Waals surface area contributed by atoms with Gasteiger partial charge in [0.1, 0.15) is 5.75 Å². The molecule has 0 saturated heterocycles. The third kappa shape index (κ3) is 4.55. The Morgan fingerprint density at radius 3 is 2.52 bits per heavy atom. The number of ether oxygens (including phenoxy) is 1. The van der Waals surface area contributed by atoms with Crippen molar-refractivity contribution in [2.75, 3.05) is 20.2 Å². The van der Waals surface area contributed by atoms with Crippen molar-refractivity contribution in [3.8, 4) is 5.75 Å². The van der Waals surface area contributed by atoms with E-state index >= 15 is 0 Å². The monoisotopic (exact) mass is 310 g/mol. The summed E-state index contributed by atoms with van der Waals surface area (Å²) in [4.78, 5) is 18.2. The van der Waals surface area contributed by atoms with Crippen molar-refractivity contribution in [3.63, 3.8) is 0 Å². The number of hydrogen-bond donors (Lipinski definition) is 0. The first kappa shape index (κ1) is 15.5. The van der Waals surface area contributed by atoms with Crippen LogP contribution >= 0.6 is 0 Å². The second-order valence-corrected chi connectivity index (χ2v) is 6.11. The predicted octanol–water partition coefficient (Wildman–Crippen LogP) is 3.19. The van der Waals surface area contributed by atoms with Crippen molar-refractivity contribution in [2.45, 2.75) is 19.3 Å². The first-order chi connectivity index (χ1) is 11.2. The molecular weight excluding hydrogens is 288 g/mol. The Hall–Kier alpha value is -2.36. The van der Waals surface area contributed by atoms with E-state index in [0.29, 0.717) is 12.1 Å². The number of likely N-dealkylation sites (N-methyl/N-ethyl adjacent to an activating group) is 1. The SMILES string of the molecule is CN(CCc1ccncc1)C(=O)c1ccc(OCC2CC2)cc1. The Kier molecular flexibility index (Phi) is 4.91. The van der Waals surface area contributed by atoms with E-state index in [0.717, 1.165) is 24.7 Å². The lowest BCUT2D eigenvalue weighted by Crippen LogP contribution is -2.28. The molecule has 1 fully saturated rings. The standard InChI is InChI=1S/C19H22N2O2/c1-21(13-10-15-8-11-20-12-9-15)19(22)17-4-6-18(7-5-17)23-14-16-2-3-16/h4-9,11-12,16H,2-3,10,13-14H2,1H3. The lowest BCUT2D eigenvalue weighted by Gasteiger charge is -2.17. The van der Waals surface area contributed by atoms with Gasteiger partial charge in [-0.2, -0.15) is 0 Å². The van der Waals surface area contributed by atoms with E-state index in [1.54, 1.807) is 17.3 Å². The maximum absolute atomic E-state index is 12.4. The molecule has 1 heterocycles. The molecule has 0 N–H and O–H groups in total. The fraction of sp³-hybridized carbons (Fsp3) is 0.368. The van der Waals surface area contributed by atoms with E-state index in [1.807, 2.05) is 43.4 Å². The molecule has 0 radical (unpaired) electrons. The summed E-state index contributed by atoms with van der Waals surface area (Å²) in [5.74, 6) is 1.61. The van der Waals surface area contributed by atoms with Gasteiger partial charge >= 0.3 is 0 Å². The molecule has 23 heavy (non-hydrogen) atoms. The van der Waals surface area contributed by atoms with E-state index in [1.165, 1.54) is 18.4 Å². The quantitative estimate of drug-likeness (QED) is 0.789. The van der Waals surface area contributed by atoms with Crippen LogP contribution < -0.4 is 4.74 Å². The van der Waals surface area contributed by atoms with Crippen LogP contribution in [0, 0.1) is 5.92 Å². The fourth-order valence-corrected chi connectivity index (χ4v) is 2.36. The van der Waals surface area contributed by atoms with Gasteiger partial charge in [0.2, 0.25) is 0 Å². The summed E-state index contributed by atoms with van der Waals surface area (Å²) in [5, 5.41) is 0. The van der Waals surface area contributed by atoms with Crippen molar-refractivity contribution in [2.24, 2.45) is 5.92 Å². The van der Waals surface area contributed by atoms with Gasteiger partial charge in [0.25, 0.3) is 5.91 Å². The lowest BCUT2D eigenvalue weighted by molar-refractivity contribution is 0.0796. The molecule has 120 valence electrons. The van der Waals surface area contributed by atoms with Gasteiger partial charge in [-0.1, -0.05) is 0 Å². The Morgan fingerprint density at radius 2 is 1.87 bits per heavy atom. The third-order valence-corrected chi connectivity index (χ3v) is 4.12. The van der Waals surface area contributed by atoms with Crippen molar-refractivity contribution < 1.29 is 9.53 Å². The maximum Gasteiger partial charge on any atom is 0.253 e. The van der Waals surface area contributed by atoms with E-state index in [9.17, 15) is 4.79 Å². The summed E-state index contributed by atoms with van der Waals surface area (Å²) in [6.07, 6.45) is 6.93. The molecule has 0 bridgehead atoms. The number of pyridine rings is 1. The van der Waals surface area contributed by atoms with Crippen LogP contribution in [0.25, 0.3) is 0 Å². The second kappa shape index (κ2) is 7.27. The van der Waals surface area contributed by atoms with Crippen LogP contribution in [-0.2, 0) is 6.42 Å². The average molecular weight is 310 g/mol. The highest BCUT2D eigenvalue weighted by Gasteiger charge is 2.21. The molecule has 1 aromatic carbocycles. The summed E-state index contributed by atoms with van der Waals surface area (Å²) in [6.45, 7) is 1.47. The largest absolute Gasteiger partial charge is 0.493 e. The summed E-state index contributed by atoms with van der Waals surface area (Å²) in [5.41, 5.74) is 1.88. The van der Waals surface area contributed by atoms with Gasteiger partial charge < -0.3 is 9.64 Å². The van der Waals surface area contributed by atoms with E-state index in [2.05, 4.69) is 4.98 Å². The smallest absolute Gasteiger partial charge is 0.253 e. The van der Waals surface area contributed by atoms with Crippen molar-refractivity contribution in [1.82, 2.24) is 9.88 Å². The molecule has 1 amide bonds. The summed E-state index contributed by atoms with van der Waals surface area (Å²) < 4.78 is 5.70. The highest BCUT2D eigenvalue weighted by molar-refractivity contribution is 5.94. The molecule has 4 heteroatoms. The molecule has 0 aliphatic heterocycles. The number of hydrogen-bond acceptors (Lipinski definition) is 3. The molecule has 4 nitrogen and oxygen atoms in total. The molecule has 1 aliphatic carbocycles. The van der Waals surface area contributed by atoms with Gasteiger partial charge in [0.15, 0.2) is 0 Å². The number of carbonyl (C=O) groups excluding carboxylic acids is 1. The highest BCUT2D eigenvalue weighted by atomic mass is 16.5. The zero-order chi connectivity index (χ0) is 16.1. The van der Waals surface area contributed by atoms with Crippen LogP contribution in [0.2, 0.25) is 0 Å². The van der Waals surface area contributed by atoms with Crippen LogP contribution in [0.5, 0.6) is 5.75 Å². The van der Waals surface area contributed by atoms with Crippen molar-refractivity contribution in [1.29, 1.82) is 0 Å². The minimum absolute atomic E-state index is 0.0350. The summed E-state index contributed by atoms with van der Waals surface area (Å²) >= 11 is 0. The minimum atomic E-state index is 0.0350. The van der Waals surface area contributed by atoms with Gasteiger partial charge in [-0.3, -0.25) is 9.78 Å². The molecule has 2 aromatic rings. The van der Waals surface area contributed by atoms with Crippen LogP contribution in [0.3, 0.4) is 0 Å². The Balaban J connectivity index is 1.51. The number of rotatable bonds is 7. The van der Waals surface area contributed by atoms with Crippen LogP contribution in [0.4, 0.5) is 0 Å². The number of amides is 1. The molecule has 0 spiro atoms. The highest BCUT2D eigenvalue weighted by Crippen LogP contribution is 2.29. The lowest BCUT2D eigenvalue weighted by atomic mass is 10.1. The van der Waals surface area contributed by atoms with E-state index < -0.39 is 0 Å². The zero-order valence-corrected chi connectivity index (χ0v) is 13.4. The van der Waals surface area contributed by atoms with Crippen LogP contribution in [0.15, 0.2) is 48.8 Å². The molecule has 1 aromatic heterocycles. The Labute approximate surface area is 137 Å². The average Bonchev–Trinajstić information content (AvgIpc) is 3.43. The predicted molar refractivity (Wildman–Crippen MR) is 89.6 cm³/mol. The second-order valence-electron chi connectivity index (χ2n) is 6.11. The molecule has 0 atom stereocenters. The van der Waals surface area contributed by atoms with Gasteiger partial charge in [0, 0.05) is 31.5 Å². The maximum atomic E-state index is 12.4. The van der Waals surface area contributed by atoms with Gasteiger partial charge in [-0.25, -0.2) is 0 Å². The molecule has 1 aliphatic rings. The zero-order valence-electron chi connectivity index (χ0n) is 13.4. The summed E-state index contributed by atoms with van der Waals surface area (Å²) in [6, 6.07) is 11.4. The van der Waals surface area contributed by atoms with Gasteiger partial charge in [0.05, 0.1) is 6.61 Å². The van der Waals surface area contributed by atoms with Crippen LogP contribution in [0.1, 0.15) is 28.8 Å². The van der Waals surface area contributed by atoms with E-state index in [4.69, 9.17) is 4.74 Å². The number of benzene rings is 1. The third-order valence-electron chi connectivity index (χ3n) is 4.12. The molecule has 0 unspecified atom stereocenters. The molecular formula is C19H22N2O2. The van der Waals surface area contributed by atoms with Gasteiger partial charge in [-0.15, -0.1) is 0 Å². The fourth-order valence-electron chi connectivity index (χ4n) is 2.36. The Bertz CT molecular complexity index is 636. The summed E-state index contributed by atoms with van der Waals surface area (Å²) in [7, 11) is 1.83. The molecule has 3 rings (SSSR count). The van der Waals surface area contributed by atoms with Crippen molar-refractivity contribution in [3.05, 3.63) is 59.9 Å². The first-order valence-electron chi connectivity index (χ1n) is 8.09. The van der Waals surface area contributed by atoms with E-state index in [-0.39, 0.29) is 5.91 Å². The first-order valence-corrected chi connectivity index (χ1v) is 8.09. The number of nitrogens with zero attached hydrogens (tertiary/aromatic N) is 2. The topological polar surface area (TPSA) is 42.4 Å². The molecule has 1 saturated carbocycles.